The number of carbonyl (C=O) groups excluding carboxylic acids is 1. The van der Waals surface area contributed by atoms with Crippen LogP contribution in [0.5, 0.6) is 0 Å². The monoisotopic (exact) mass is 359 g/mol. The number of imidazole rings is 1. The zero-order valence-corrected chi connectivity index (χ0v) is 15.3. The highest BCUT2D eigenvalue weighted by Crippen LogP contribution is 2.36. The molecule has 27 heavy (non-hydrogen) atoms. The minimum Gasteiger partial charge on any atom is -0.463 e. The van der Waals surface area contributed by atoms with Gasteiger partial charge in [-0.1, -0.05) is 54.6 Å². The summed E-state index contributed by atoms with van der Waals surface area (Å²) in [5.74, 6) is 0.415. The fourth-order valence-electron chi connectivity index (χ4n) is 3.43. The fraction of sp³-hybridized carbons (Fsp3) is 0.182. The summed E-state index contributed by atoms with van der Waals surface area (Å²) in [7, 11) is 0. The maximum atomic E-state index is 12.7. The molecule has 1 N–H and O–H groups in total. The van der Waals surface area contributed by atoms with Crippen LogP contribution in [0.25, 0.3) is 17.1 Å². The van der Waals surface area contributed by atoms with Gasteiger partial charge in [0.15, 0.2) is 0 Å². The van der Waals surface area contributed by atoms with Crippen LogP contribution in [0.4, 0.5) is 5.95 Å². The van der Waals surface area contributed by atoms with Crippen molar-refractivity contribution in [2.24, 2.45) is 0 Å². The molecule has 0 radical (unpaired) electrons. The van der Waals surface area contributed by atoms with Gasteiger partial charge in [-0.25, -0.2) is 9.78 Å². The Morgan fingerprint density at radius 3 is 2.70 bits per heavy atom. The quantitative estimate of drug-likeness (QED) is 0.694. The Bertz CT molecular complexity index is 1050. The second-order valence-corrected chi connectivity index (χ2v) is 6.39. The molecule has 3 aromatic rings. The lowest BCUT2D eigenvalue weighted by Crippen LogP contribution is -2.27. The van der Waals surface area contributed by atoms with Crippen LogP contribution in [0.1, 0.15) is 25.5 Å². The van der Waals surface area contributed by atoms with Gasteiger partial charge in [0, 0.05) is 5.70 Å². The van der Waals surface area contributed by atoms with E-state index in [1.807, 2.05) is 85.2 Å². The number of allylic oxidation sites excluding steroid dienone is 2. The van der Waals surface area contributed by atoms with Crippen LogP contribution in [0.2, 0.25) is 0 Å². The molecule has 136 valence electrons. The average Bonchev–Trinajstić information content (AvgIpc) is 3.04. The minimum absolute atomic E-state index is 0.298. The maximum Gasteiger partial charge on any atom is 0.338 e. The average molecular weight is 359 g/mol. The Kier molecular flexibility index (Phi) is 4.50. The van der Waals surface area contributed by atoms with Crippen LogP contribution in [0.15, 0.2) is 71.9 Å². The molecule has 0 fully saturated rings. The number of carbonyl (C=O) groups is 1. The number of fused-ring (bicyclic) bond motifs is 3. The highest BCUT2D eigenvalue weighted by atomic mass is 16.5. The summed E-state index contributed by atoms with van der Waals surface area (Å²) in [5.41, 5.74) is 4.29. The van der Waals surface area contributed by atoms with Gasteiger partial charge in [0.1, 0.15) is 0 Å². The van der Waals surface area contributed by atoms with Crippen molar-refractivity contribution in [3.05, 3.63) is 77.5 Å². The number of esters is 1. The number of aromatic nitrogens is 2. The zero-order valence-electron chi connectivity index (χ0n) is 15.3. The van der Waals surface area contributed by atoms with E-state index in [2.05, 4.69) is 10.3 Å². The number of hydrogen-bond donors (Lipinski definition) is 1. The van der Waals surface area contributed by atoms with Gasteiger partial charge in [-0.2, -0.15) is 0 Å². The Morgan fingerprint density at radius 2 is 1.93 bits per heavy atom. The number of nitrogens with zero attached hydrogens (tertiary/aromatic N) is 2. The Labute approximate surface area is 158 Å². The summed E-state index contributed by atoms with van der Waals surface area (Å²) >= 11 is 0. The van der Waals surface area contributed by atoms with Crippen molar-refractivity contribution in [3.63, 3.8) is 0 Å². The number of ether oxygens (including phenoxy) is 1. The number of hydrogen-bond acceptors (Lipinski definition) is 4. The second kappa shape index (κ2) is 7.11. The molecule has 0 amide bonds. The van der Waals surface area contributed by atoms with Gasteiger partial charge in [-0.15, -0.1) is 0 Å². The molecule has 5 nitrogen and oxygen atoms in total. The first-order chi connectivity index (χ1) is 13.2. The summed E-state index contributed by atoms with van der Waals surface area (Å²) in [6.45, 7) is 4.04. The number of benzene rings is 2. The Morgan fingerprint density at radius 1 is 1.19 bits per heavy atom. The SMILES string of the molecule is CCOC(=O)C1=C(C)Nc2nc3ccccc3n2[C@H]1/C=C/c1ccccc1. The van der Waals surface area contributed by atoms with E-state index in [0.29, 0.717) is 12.2 Å². The molecule has 0 bridgehead atoms. The Balaban J connectivity index is 1.86. The summed E-state index contributed by atoms with van der Waals surface area (Å²) < 4.78 is 7.38. The topological polar surface area (TPSA) is 56.1 Å². The molecule has 1 aromatic heterocycles. The first kappa shape index (κ1) is 17.1. The van der Waals surface area contributed by atoms with Crippen molar-refractivity contribution in [3.8, 4) is 0 Å². The van der Waals surface area contributed by atoms with Crippen LogP contribution in [0.3, 0.4) is 0 Å². The van der Waals surface area contributed by atoms with Gasteiger partial charge < -0.3 is 10.1 Å². The molecular weight excluding hydrogens is 338 g/mol. The van der Waals surface area contributed by atoms with Gasteiger partial charge >= 0.3 is 5.97 Å². The van der Waals surface area contributed by atoms with Crippen LogP contribution >= 0.6 is 0 Å². The van der Waals surface area contributed by atoms with Gasteiger partial charge in [0.05, 0.1) is 29.3 Å². The third-order valence-electron chi connectivity index (χ3n) is 4.64. The highest BCUT2D eigenvalue weighted by Gasteiger charge is 2.32. The van der Waals surface area contributed by atoms with Crippen molar-refractivity contribution in [2.75, 3.05) is 11.9 Å². The molecule has 2 aromatic carbocycles. The predicted octanol–water partition coefficient (Wildman–Crippen LogP) is 4.55. The zero-order chi connectivity index (χ0) is 18.8. The van der Waals surface area contributed by atoms with Crippen molar-refractivity contribution < 1.29 is 9.53 Å². The summed E-state index contributed by atoms with van der Waals surface area (Å²) in [4.78, 5) is 17.4. The van der Waals surface area contributed by atoms with E-state index in [0.717, 1.165) is 28.2 Å². The Hall–Kier alpha value is -3.34. The van der Waals surface area contributed by atoms with E-state index in [4.69, 9.17) is 4.74 Å². The summed E-state index contributed by atoms with van der Waals surface area (Å²) in [6.07, 6.45) is 4.06. The highest BCUT2D eigenvalue weighted by molar-refractivity contribution is 5.93. The van der Waals surface area contributed by atoms with E-state index in [1.54, 1.807) is 0 Å². The third-order valence-corrected chi connectivity index (χ3v) is 4.64. The van der Waals surface area contributed by atoms with Crippen LogP contribution in [-0.2, 0) is 9.53 Å². The first-order valence-corrected chi connectivity index (χ1v) is 9.04. The van der Waals surface area contributed by atoms with Crippen molar-refractivity contribution >= 4 is 29.0 Å². The molecule has 0 unspecified atom stereocenters. The van der Waals surface area contributed by atoms with Crippen LogP contribution < -0.4 is 5.32 Å². The van der Waals surface area contributed by atoms with Crippen LogP contribution in [0, 0.1) is 0 Å². The third kappa shape index (κ3) is 3.12. The molecule has 2 heterocycles. The second-order valence-electron chi connectivity index (χ2n) is 6.39. The molecule has 5 heteroatoms. The number of anilines is 1. The van der Waals surface area contributed by atoms with E-state index in [-0.39, 0.29) is 12.0 Å². The van der Waals surface area contributed by atoms with Crippen LogP contribution in [-0.4, -0.2) is 22.1 Å². The van der Waals surface area contributed by atoms with Gasteiger partial charge in [0.25, 0.3) is 0 Å². The van der Waals surface area contributed by atoms with Gasteiger partial charge in [-0.05, 0) is 31.5 Å². The van der Waals surface area contributed by atoms with E-state index in [1.165, 1.54) is 0 Å². The van der Waals surface area contributed by atoms with E-state index >= 15 is 0 Å². The van der Waals surface area contributed by atoms with Crippen molar-refractivity contribution in [1.82, 2.24) is 9.55 Å². The predicted molar refractivity (Wildman–Crippen MR) is 107 cm³/mol. The molecule has 4 rings (SSSR count). The summed E-state index contributed by atoms with van der Waals surface area (Å²) in [6, 6.07) is 17.7. The van der Waals surface area contributed by atoms with E-state index in [9.17, 15) is 4.79 Å². The largest absolute Gasteiger partial charge is 0.463 e. The van der Waals surface area contributed by atoms with E-state index < -0.39 is 0 Å². The normalized spacial score (nSPS) is 16.4. The fourth-order valence-corrected chi connectivity index (χ4v) is 3.43. The molecule has 1 aliphatic heterocycles. The summed E-state index contributed by atoms with van der Waals surface area (Å²) in [5, 5.41) is 3.26. The van der Waals surface area contributed by atoms with Crippen molar-refractivity contribution in [1.29, 1.82) is 0 Å². The molecule has 1 aliphatic rings. The van der Waals surface area contributed by atoms with Gasteiger partial charge in [0.2, 0.25) is 5.95 Å². The first-order valence-electron chi connectivity index (χ1n) is 9.04. The minimum atomic E-state index is -0.311. The number of nitrogens with one attached hydrogen (secondary N) is 1. The molecule has 0 aliphatic carbocycles. The standard InChI is InChI=1S/C22H21N3O2/c1-3-27-21(26)20-15(2)23-22-24-17-11-7-8-12-18(17)25(22)19(20)14-13-16-9-5-4-6-10-16/h4-14,19H,3H2,1-2H3,(H,23,24)/b14-13+/t19-/m0/s1. The maximum absolute atomic E-state index is 12.7. The number of para-hydroxylation sites is 2. The lowest BCUT2D eigenvalue weighted by atomic mass is 10.0. The molecule has 0 saturated heterocycles. The lowest BCUT2D eigenvalue weighted by Gasteiger charge is -2.27. The van der Waals surface area contributed by atoms with Crippen molar-refractivity contribution in [2.45, 2.75) is 19.9 Å². The molecule has 1 atom stereocenters. The molecular formula is C22H21N3O2. The molecule has 0 saturated carbocycles. The molecule has 0 spiro atoms. The number of rotatable bonds is 4. The smallest absolute Gasteiger partial charge is 0.338 e. The lowest BCUT2D eigenvalue weighted by molar-refractivity contribution is -0.139. The van der Waals surface area contributed by atoms with Gasteiger partial charge in [-0.3, -0.25) is 4.57 Å².